The zero-order valence-corrected chi connectivity index (χ0v) is 13.0. The lowest BCUT2D eigenvalue weighted by molar-refractivity contribution is -0.385. The molecule has 0 aliphatic heterocycles. The van der Waals surface area contributed by atoms with Crippen molar-refractivity contribution in [3.63, 3.8) is 0 Å². The van der Waals surface area contributed by atoms with Gasteiger partial charge in [-0.1, -0.05) is 45.7 Å². The lowest BCUT2D eigenvalue weighted by Gasteiger charge is -2.17. The SMILES string of the molecule is CC(Nc1cc(Br)ccc1Cl)c1ccccc1[N+](=O)[O-]. The molecule has 0 amide bonds. The van der Waals surface area contributed by atoms with Gasteiger partial charge in [0, 0.05) is 10.5 Å². The summed E-state index contributed by atoms with van der Waals surface area (Å²) < 4.78 is 0.888. The molecule has 1 N–H and O–H groups in total. The number of nitro benzene ring substituents is 1. The summed E-state index contributed by atoms with van der Waals surface area (Å²) in [5.41, 5.74) is 1.44. The Hall–Kier alpha value is -1.59. The van der Waals surface area contributed by atoms with Crippen molar-refractivity contribution in [1.82, 2.24) is 0 Å². The summed E-state index contributed by atoms with van der Waals surface area (Å²) >= 11 is 9.49. The zero-order valence-electron chi connectivity index (χ0n) is 10.6. The largest absolute Gasteiger partial charge is 0.377 e. The zero-order chi connectivity index (χ0) is 14.7. The lowest BCUT2D eigenvalue weighted by Crippen LogP contribution is -2.09. The maximum absolute atomic E-state index is 11.0. The Morgan fingerprint density at radius 2 is 2.00 bits per heavy atom. The number of para-hydroxylation sites is 1. The van der Waals surface area contributed by atoms with Crippen LogP contribution < -0.4 is 5.32 Å². The molecule has 0 spiro atoms. The van der Waals surface area contributed by atoms with Crippen LogP contribution in [-0.2, 0) is 0 Å². The summed E-state index contributed by atoms with van der Waals surface area (Å²) in [6, 6.07) is 11.9. The number of nitrogens with one attached hydrogen (secondary N) is 1. The molecule has 0 bridgehead atoms. The van der Waals surface area contributed by atoms with E-state index in [-0.39, 0.29) is 16.7 Å². The molecule has 2 aromatic carbocycles. The van der Waals surface area contributed by atoms with Gasteiger partial charge in [-0.25, -0.2) is 0 Å². The van der Waals surface area contributed by atoms with Crippen LogP contribution in [0.4, 0.5) is 11.4 Å². The van der Waals surface area contributed by atoms with E-state index in [9.17, 15) is 10.1 Å². The van der Waals surface area contributed by atoms with Crippen LogP contribution in [0.5, 0.6) is 0 Å². The minimum atomic E-state index is -0.379. The van der Waals surface area contributed by atoms with E-state index < -0.39 is 0 Å². The highest BCUT2D eigenvalue weighted by Crippen LogP contribution is 2.31. The number of rotatable bonds is 4. The Morgan fingerprint density at radius 3 is 2.70 bits per heavy atom. The fourth-order valence-corrected chi connectivity index (χ4v) is 2.47. The van der Waals surface area contributed by atoms with Crippen molar-refractivity contribution in [1.29, 1.82) is 0 Å². The number of anilines is 1. The van der Waals surface area contributed by atoms with Crippen LogP contribution in [-0.4, -0.2) is 4.92 Å². The third-order valence-corrected chi connectivity index (χ3v) is 3.72. The summed E-state index contributed by atoms with van der Waals surface area (Å²) in [6.07, 6.45) is 0. The number of hydrogen-bond acceptors (Lipinski definition) is 3. The van der Waals surface area contributed by atoms with Crippen LogP contribution in [0, 0.1) is 10.1 Å². The molecule has 1 unspecified atom stereocenters. The summed E-state index contributed by atoms with van der Waals surface area (Å²) in [4.78, 5) is 10.7. The first-order chi connectivity index (χ1) is 9.49. The number of halogens is 2. The fraction of sp³-hybridized carbons (Fsp3) is 0.143. The van der Waals surface area contributed by atoms with Crippen LogP contribution in [0.15, 0.2) is 46.9 Å². The van der Waals surface area contributed by atoms with Crippen molar-refractivity contribution < 1.29 is 4.92 Å². The fourth-order valence-electron chi connectivity index (χ4n) is 1.94. The van der Waals surface area contributed by atoms with E-state index in [4.69, 9.17) is 11.6 Å². The Bertz CT molecular complexity index is 649. The molecule has 4 nitrogen and oxygen atoms in total. The Kier molecular flexibility index (Phi) is 4.62. The molecule has 6 heteroatoms. The van der Waals surface area contributed by atoms with Gasteiger partial charge in [0.2, 0.25) is 0 Å². The van der Waals surface area contributed by atoms with Crippen molar-refractivity contribution >= 4 is 38.9 Å². The van der Waals surface area contributed by atoms with Gasteiger partial charge in [-0.15, -0.1) is 0 Å². The summed E-state index contributed by atoms with van der Waals surface area (Å²) in [7, 11) is 0. The number of nitrogens with zero attached hydrogens (tertiary/aromatic N) is 1. The molecular weight excluding hydrogens is 344 g/mol. The molecule has 2 rings (SSSR count). The monoisotopic (exact) mass is 354 g/mol. The van der Waals surface area contributed by atoms with Gasteiger partial charge in [0.25, 0.3) is 5.69 Å². The van der Waals surface area contributed by atoms with Gasteiger partial charge in [-0.3, -0.25) is 10.1 Å². The first-order valence-electron chi connectivity index (χ1n) is 5.94. The van der Waals surface area contributed by atoms with Crippen molar-refractivity contribution in [2.45, 2.75) is 13.0 Å². The number of benzene rings is 2. The predicted molar refractivity (Wildman–Crippen MR) is 84.3 cm³/mol. The van der Waals surface area contributed by atoms with E-state index in [1.165, 1.54) is 6.07 Å². The predicted octanol–water partition coefficient (Wildman–Crippen LogP) is 5.18. The second-order valence-electron chi connectivity index (χ2n) is 4.31. The standard InChI is InChI=1S/C14H12BrClN2O2/c1-9(11-4-2-3-5-14(11)18(19)20)17-13-8-10(15)6-7-12(13)16/h2-9,17H,1H3. The minimum absolute atomic E-state index is 0.0959. The maximum atomic E-state index is 11.0. The maximum Gasteiger partial charge on any atom is 0.274 e. The summed E-state index contributed by atoms with van der Waals surface area (Å²) in [6.45, 7) is 1.86. The smallest absolute Gasteiger partial charge is 0.274 e. The Balaban J connectivity index is 2.31. The number of nitro groups is 1. The van der Waals surface area contributed by atoms with Crippen molar-refractivity contribution in [3.8, 4) is 0 Å². The highest BCUT2D eigenvalue weighted by molar-refractivity contribution is 9.10. The molecule has 0 aliphatic rings. The highest BCUT2D eigenvalue weighted by Gasteiger charge is 2.18. The first-order valence-corrected chi connectivity index (χ1v) is 7.11. The van der Waals surface area contributed by atoms with Crippen LogP contribution in [0.3, 0.4) is 0 Å². The van der Waals surface area contributed by atoms with Gasteiger partial charge in [0.15, 0.2) is 0 Å². The van der Waals surface area contributed by atoms with E-state index in [0.717, 1.165) is 10.2 Å². The Morgan fingerprint density at radius 1 is 1.30 bits per heavy atom. The molecule has 0 heterocycles. The Labute approximate surface area is 130 Å². The van der Waals surface area contributed by atoms with Crippen molar-refractivity contribution in [3.05, 3.63) is 67.6 Å². The molecule has 0 aromatic heterocycles. The third kappa shape index (κ3) is 3.29. The average Bonchev–Trinajstić information content (AvgIpc) is 2.42. The minimum Gasteiger partial charge on any atom is -0.377 e. The molecule has 0 saturated carbocycles. The van der Waals surface area contributed by atoms with E-state index in [1.807, 2.05) is 19.1 Å². The van der Waals surface area contributed by atoms with Crippen LogP contribution in [0.2, 0.25) is 5.02 Å². The average molecular weight is 356 g/mol. The molecule has 0 fully saturated rings. The number of hydrogen-bond donors (Lipinski definition) is 1. The van der Waals surface area contributed by atoms with E-state index in [0.29, 0.717) is 10.6 Å². The molecular formula is C14H12BrClN2O2. The van der Waals surface area contributed by atoms with Crippen LogP contribution in [0.1, 0.15) is 18.5 Å². The molecule has 20 heavy (non-hydrogen) atoms. The topological polar surface area (TPSA) is 55.2 Å². The van der Waals surface area contributed by atoms with Gasteiger partial charge in [0.1, 0.15) is 0 Å². The van der Waals surface area contributed by atoms with Gasteiger partial charge < -0.3 is 5.32 Å². The molecule has 2 aromatic rings. The second-order valence-corrected chi connectivity index (χ2v) is 5.63. The van der Waals surface area contributed by atoms with Gasteiger partial charge in [-0.05, 0) is 25.1 Å². The summed E-state index contributed by atoms with van der Waals surface area (Å²) in [5.74, 6) is 0. The molecule has 104 valence electrons. The quantitative estimate of drug-likeness (QED) is 0.607. The van der Waals surface area contributed by atoms with E-state index in [1.54, 1.807) is 24.3 Å². The van der Waals surface area contributed by atoms with E-state index in [2.05, 4.69) is 21.2 Å². The van der Waals surface area contributed by atoms with Crippen molar-refractivity contribution in [2.75, 3.05) is 5.32 Å². The third-order valence-electron chi connectivity index (χ3n) is 2.90. The van der Waals surface area contributed by atoms with Crippen LogP contribution in [0.25, 0.3) is 0 Å². The van der Waals surface area contributed by atoms with Gasteiger partial charge in [-0.2, -0.15) is 0 Å². The molecule has 0 radical (unpaired) electrons. The van der Waals surface area contributed by atoms with Crippen molar-refractivity contribution in [2.24, 2.45) is 0 Å². The normalized spacial score (nSPS) is 11.9. The van der Waals surface area contributed by atoms with Crippen LogP contribution >= 0.6 is 27.5 Å². The first kappa shape index (κ1) is 14.8. The lowest BCUT2D eigenvalue weighted by atomic mass is 10.1. The van der Waals surface area contributed by atoms with Gasteiger partial charge >= 0.3 is 0 Å². The highest BCUT2D eigenvalue weighted by atomic mass is 79.9. The second kappa shape index (κ2) is 6.24. The summed E-state index contributed by atoms with van der Waals surface area (Å²) in [5, 5.41) is 14.8. The molecule has 0 aliphatic carbocycles. The van der Waals surface area contributed by atoms with Gasteiger partial charge in [0.05, 0.1) is 27.2 Å². The van der Waals surface area contributed by atoms with E-state index >= 15 is 0 Å². The molecule has 1 atom stereocenters. The molecule has 0 saturated heterocycles.